The Morgan fingerprint density at radius 3 is 2.71 bits per heavy atom. The van der Waals surface area contributed by atoms with E-state index in [1.54, 1.807) is 0 Å². The van der Waals surface area contributed by atoms with E-state index in [-0.39, 0.29) is 6.61 Å². The van der Waals surface area contributed by atoms with E-state index in [1.807, 2.05) is 44.5 Å². The number of nitrogens with zero attached hydrogens (tertiary/aromatic N) is 3. The van der Waals surface area contributed by atoms with Gasteiger partial charge in [-0.25, -0.2) is 9.97 Å². The fourth-order valence-corrected chi connectivity index (χ4v) is 3.93. The Kier molecular flexibility index (Phi) is 3.31. The van der Waals surface area contributed by atoms with Gasteiger partial charge in [0, 0.05) is 6.20 Å². The van der Waals surface area contributed by atoms with E-state index in [0.717, 1.165) is 5.39 Å². The molecule has 0 aliphatic carbocycles. The van der Waals surface area contributed by atoms with Crippen LogP contribution in [0, 0.1) is 0 Å². The SMILES string of the molecule is CC1(C)O[C@H]2[C@H](n3ccc4c(Cl)ncnc43)O[C@](C)(CO)[C@@]2(C)O1. The normalized spacial score (nSPS) is 37.9. The highest BCUT2D eigenvalue weighted by Crippen LogP contribution is 2.55. The Morgan fingerprint density at radius 1 is 1.25 bits per heavy atom. The van der Waals surface area contributed by atoms with Crippen molar-refractivity contribution in [1.29, 1.82) is 0 Å². The molecule has 2 aliphatic rings. The fourth-order valence-electron chi connectivity index (χ4n) is 3.74. The average molecular weight is 354 g/mol. The molecule has 0 saturated carbocycles. The van der Waals surface area contributed by atoms with Gasteiger partial charge in [-0.3, -0.25) is 0 Å². The molecule has 0 radical (unpaired) electrons. The van der Waals surface area contributed by atoms with Gasteiger partial charge in [0.15, 0.2) is 12.0 Å². The van der Waals surface area contributed by atoms with E-state index in [0.29, 0.717) is 10.8 Å². The molecule has 0 aromatic carbocycles. The summed E-state index contributed by atoms with van der Waals surface area (Å²) in [6, 6.07) is 1.84. The second-order valence-corrected chi connectivity index (χ2v) is 7.53. The van der Waals surface area contributed by atoms with Crippen LogP contribution >= 0.6 is 11.6 Å². The minimum absolute atomic E-state index is 0.190. The Morgan fingerprint density at radius 2 is 2.00 bits per heavy atom. The van der Waals surface area contributed by atoms with Crippen LogP contribution in [0.25, 0.3) is 11.0 Å². The number of fused-ring (bicyclic) bond motifs is 2. The third-order valence-electron chi connectivity index (χ3n) is 5.14. The number of halogens is 1. The van der Waals surface area contributed by atoms with Gasteiger partial charge in [0.25, 0.3) is 0 Å². The van der Waals surface area contributed by atoms with E-state index < -0.39 is 29.3 Å². The van der Waals surface area contributed by atoms with Crippen LogP contribution in [0.4, 0.5) is 0 Å². The lowest BCUT2D eigenvalue weighted by molar-refractivity contribution is -0.241. The van der Waals surface area contributed by atoms with Crippen LogP contribution in [0.2, 0.25) is 5.15 Å². The third kappa shape index (κ3) is 1.99. The minimum Gasteiger partial charge on any atom is -0.393 e. The molecule has 130 valence electrons. The van der Waals surface area contributed by atoms with E-state index in [1.165, 1.54) is 6.33 Å². The first kappa shape index (κ1) is 16.2. The lowest BCUT2D eigenvalue weighted by Gasteiger charge is -2.36. The molecule has 4 rings (SSSR count). The quantitative estimate of drug-likeness (QED) is 0.834. The molecule has 2 aromatic heterocycles. The zero-order valence-electron chi connectivity index (χ0n) is 14.0. The van der Waals surface area contributed by atoms with Gasteiger partial charge in [0.2, 0.25) is 0 Å². The number of hydrogen-bond donors (Lipinski definition) is 1. The molecule has 0 unspecified atom stereocenters. The molecule has 1 N–H and O–H groups in total. The number of aliphatic hydroxyl groups excluding tert-OH is 1. The first-order valence-electron chi connectivity index (χ1n) is 7.84. The minimum atomic E-state index is -0.913. The summed E-state index contributed by atoms with van der Waals surface area (Å²) in [4.78, 5) is 8.32. The van der Waals surface area contributed by atoms with Gasteiger partial charge in [0.1, 0.15) is 34.4 Å². The second-order valence-electron chi connectivity index (χ2n) is 7.17. The molecule has 2 aromatic rings. The van der Waals surface area contributed by atoms with Gasteiger partial charge in [-0.05, 0) is 33.8 Å². The van der Waals surface area contributed by atoms with E-state index in [2.05, 4.69) is 9.97 Å². The molecular weight excluding hydrogens is 334 g/mol. The first-order chi connectivity index (χ1) is 11.2. The molecule has 2 aliphatic heterocycles. The highest BCUT2D eigenvalue weighted by Gasteiger charge is 2.69. The molecular formula is C16H20ClN3O4. The van der Waals surface area contributed by atoms with E-state index >= 15 is 0 Å². The fraction of sp³-hybridized carbons (Fsp3) is 0.625. The standard InChI is InChI=1S/C16H20ClN3O4/c1-14(2)22-10-13(23-15(3,7-21)16(10,4)24-14)20-6-5-9-11(17)18-8-19-12(9)20/h5-6,8,10,13,21H,7H2,1-4H3/t10-,13+,15+,16-/m0/s1. The summed E-state index contributed by atoms with van der Waals surface area (Å²) in [5.41, 5.74) is -1.06. The van der Waals surface area contributed by atoms with Gasteiger partial charge in [-0.1, -0.05) is 11.6 Å². The van der Waals surface area contributed by atoms with Crippen LogP contribution in [0.3, 0.4) is 0 Å². The van der Waals surface area contributed by atoms with Crippen molar-refractivity contribution in [2.75, 3.05) is 6.61 Å². The predicted octanol–water partition coefficient (Wildman–Crippen LogP) is 2.27. The molecule has 24 heavy (non-hydrogen) atoms. The van der Waals surface area contributed by atoms with Gasteiger partial charge in [-0.2, -0.15) is 0 Å². The molecule has 0 spiro atoms. The number of rotatable bonds is 2. The van der Waals surface area contributed by atoms with Crippen molar-refractivity contribution in [3.63, 3.8) is 0 Å². The molecule has 0 amide bonds. The summed E-state index contributed by atoms with van der Waals surface area (Å²) in [5.74, 6) is -0.770. The molecule has 4 atom stereocenters. The van der Waals surface area contributed by atoms with Crippen LogP contribution in [-0.4, -0.2) is 49.3 Å². The molecule has 7 nitrogen and oxygen atoms in total. The smallest absolute Gasteiger partial charge is 0.165 e. The monoisotopic (exact) mass is 353 g/mol. The summed E-state index contributed by atoms with van der Waals surface area (Å²) < 4.78 is 20.4. The zero-order valence-corrected chi connectivity index (χ0v) is 14.7. The largest absolute Gasteiger partial charge is 0.393 e. The Labute approximate surface area is 144 Å². The number of ether oxygens (including phenoxy) is 3. The Hall–Kier alpha value is -1.25. The second kappa shape index (κ2) is 4.89. The van der Waals surface area contributed by atoms with E-state index in [4.69, 9.17) is 25.8 Å². The average Bonchev–Trinajstić information content (AvgIpc) is 3.10. The van der Waals surface area contributed by atoms with Crippen molar-refractivity contribution in [2.24, 2.45) is 0 Å². The van der Waals surface area contributed by atoms with Crippen LogP contribution in [0.15, 0.2) is 18.6 Å². The summed E-state index contributed by atoms with van der Waals surface area (Å²) >= 11 is 6.14. The molecule has 8 heteroatoms. The lowest BCUT2D eigenvalue weighted by Crippen LogP contribution is -2.54. The topological polar surface area (TPSA) is 78.6 Å². The number of aliphatic hydroxyl groups is 1. The summed E-state index contributed by atoms with van der Waals surface area (Å²) in [6.45, 7) is 7.27. The molecule has 2 saturated heterocycles. The zero-order chi connectivity index (χ0) is 17.3. The van der Waals surface area contributed by atoms with Crippen LogP contribution in [-0.2, 0) is 14.2 Å². The Balaban J connectivity index is 1.85. The Bertz CT molecular complexity index is 810. The number of aromatic nitrogens is 3. The lowest BCUT2D eigenvalue weighted by atomic mass is 9.84. The summed E-state index contributed by atoms with van der Waals surface area (Å²) in [7, 11) is 0. The maximum absolute atomic E-state index is 9.96. The maximum atomic E-state index is 9.96. The van der Waals surface area contributed by atoms with Gasteiger partial charge >= 0.3 is 0 Å². The van der Waals surface area contributed by atoms with Gasteiger partial charge in [0.05, 0.1) is 12.0 Å². The molecule has 2 fully saturated rings. The van der Waals surface area contributed by atoms with Crippen molar-refractivity contribution >= 4 is 22.6 Å². The predicted molar refractivity (Wildman–Crippen MR) is 86.6 cm³/mol. The van der Waals surface area contributed by atoms with Crippen LogP contribution in [0.1, 0.15) is 33.9 Å². The van der Waals surface area contributed by atoms with E-state index in [9.17, 15) is 5.11 Å². The summed E-state index contributed by atoms with van der Waals surface area (Å²) in [6.07, 6.45) is 2.34. The van der Waals surface area contributed by atoms with Crippen molar-refractivity contribution in [3.8, 4) is 0 Å². The highest BCUT2D eigenvalue weighted by atomic mass is 35.5. The maximum Gasteiger partial charge on any atom is 0.165 e. The van der Waals surface area contributed by atoms with Crippen LogP contribution < -0.4 is 0 Å². The highest BCUT2D eigenvalue weighted by molar-refractivity contribution is 6.33. The van der Waals surface area contributed by atoms with Gasteiger partial charge < -0.3 is 23.9 Å². The molecule has 4 heterocycles. The van der Waals surface area contributed by atoms with Crippen molar-refractivity contribution in [2.45, 2.75) is 57.0 Å². The van der Waals surface area contributed by atoms with Gasteiger partial charge in [-0.15, -0.1) is 0 Å². The first-order valence-corrected chi connectivity index (χ1v) is 8.22. The van der Waals surface area contributed by atoms with Crippen LogP contribution in [0.5, 0.6) is 0 Å². The van der Waals surface area contributed by atoms with Crippen molar-refractivity contribution in [3.05, 3.63) is 23.7 Å². The van der Waals surface area contributed by atoms with Crippen molar-refractivity contribution < 1.29 is 19.3 Å². The molecule has 0 bridgehead atoms. The third-order valence-corrected chi connectivity index (χ3v) is 5.44. The van der Waals surface area contributed by atoms with Crippen molar-refractivity contribution in [1.82, 2.24) is 14.5 Å². The number of hydrogen-bond acceptors (Lipinski definition) is 6. The summed E-state index contributed by atoms with van der Waals surface area (Å²) in [5, 5.41) is 11.1.